The lowest BCUT2D eigenvalue weighted by Gasteiger charge is -2.19. The number of carbonyl (C=O) groups excluding carboxylic acids is 2. The zero-order chi connectivity index (χ0) is 19.2. The van der Waals surface area contributed by atoms with E-state index in [1.807, 2.05) is 51.1 Å². The van der Waals surface area contributed by atoms with Gasteiger partial charge in [-0.25, -0.2) is 0 Å². The zero-order valence-corrected chi connectivity index (χ0v) is 17.1. The fourth-order valence-electron chi connectivity index (χ4n) is 2.69. The fourth-order valence-corrected chi connectivity index (χ4v) is 2.69. The summed E-state index contributed by atoms with van der Waals surface area (Å²) < 4.78 is 0. The molecule has 4 N–H and O–H groups in total. The molecule has 0 radical (unpaired) electrons. The van der Waals surface area contributed by atoms with Crippen LogP contribution >= 0.6 is 12.4 Å². The average Bonchev–Trinajstić information content (AvgIpc) is 2.61. The number of carbonyl (C=O) groups is 2. The minimum absolute atomic E-state index is 0. The smallest absolute Gasteiger partial charge is 0.225 e. The lowest BCUT2D eigenvalue weighted by Crippen LogP contribution is -2.36. The Kier molecular flexibility index (Phi) is 8.73. The molecule has 0 bridgehead atoms. The number of fused-ring (bicyclic) bond motifs is 1. The maximum absolute atomic E-state index is 12.2. The minimum Gasteiger partial charge on any atom is -0.356 e. The quantitative estimate of drug-likeness (QED) is 0.633. The summed E-state index contributed by atoms with van der Waals surface area (Å²) in [6.07, 6.45) is 0.956. The van der Waals surface area contributed by atoms with Gasteiger partial charge in [0.15, 0.2) is 0 Å². The molecule has 2 amide bonds. The van der Waals surface area contributed by atoms with Gasteiger partial charge in [0.05, 0.1) is 6.04 Å². The fraction of sp³-hybridized carbons (Fsp3) is 0.429. The number of hydrogen-bond acceptors (Lipinski definition) is 3. The van der Waals surface area contributed by atoms with Gasteiger partial charge in [-0.3, -0.25) is 9.59 Å². The molecule has 0 saturated heterocycles. The molecule has 2 rings (SSSR count). The predicted molar refractivity (Wildman–Crippen MR) is 113 cm³/mol. The first-order chi connectivity index (χ1) is 12.3. The average molecular weight is 392 g/mol. The second kappa shape index (κ2) is 10.3. The van der Waals surface area contributed by atoms with E-state index in [-0.39, 0.29) is 30.3 Å². The van der Waals surface area contributed by atoms with Crippen molar-refractivity contribution < 1.29 is 9.59 Å². The SMILES string of the molecule is CC(C)(C)C(=O)NCCCC(=O)NC(CN)c1ccc2ccccc2c1.Cl. The lowest BCUT2D eigenvalue weighted by molar-refractivity contribution is -0.128. The first-order valence-electron chi connectivity index (χ1n) is 9.07. The van der Waals surface area contributed by atoms with Gasteiger partial charge < -0.3 is 16.4 Å². The van der Waals surface area contributed by atoms with Gasteiger partial charge in [-0.15, -0.1) is 12.4 Å². The summed E-state index contributed by atoms with van der Waals surface area (Å²) in [5.41, 5.74) is 6.45. The van der Waals surface area contributed by atoms with E-state index >= 15 is 0 Å². The van der Waals surface area contributed by atoms with Gasteiger partial charge in [0.1, 0.15) is 0 Å². The zero-order valence-electron chi connectivity index (χ0n) is 16.2. The van der Waals surface area contributed by atoms with E-state index in [0.717, 1.165) is 16.3 Å². The monoisotopic (exact) mass is 391 g/mol. The molecular weight excluding hydrogens is 362 g/mol. The van der Waals surface area contributed by atoms with Crippen molar-refractivity contribution >= 4 is 35.0 Å². The summed E-state index contributed by atoms with van der Waals surface area (Å²) in [5.74, 6) is -0.0625. The summed E-state index contributed by atoms with van der Waals surface area (Å²) in [6.45, 7) is 6.43. The van der Waals surface area contributed by atoms with Crippen LogP contribution in [0.5, 0.6) is 0 Å². The third-order valence-electron chi connectivity index (χ3n) is 4.29. The Balaban J connectivity index is 0.00000364. The van der Waals surface area contributed by atoms with E-state index in [2.05, 4.69) is 22.8 Å². The van der Waals surface area contributed by atoms with Crippen LogP contribution in [0, 0.1) is 5.41 Å². The number of nitrogens with two attached hydrogens (primary N) is 1. The second-order valence-electron chi connectivity index (χ2n) is 7.57. The maximum Gasteiger partial charge on any atom is 0.225 e. The molecule has 0 fully saturated rings. The van der Waals surface area contributed by atoms with Crippen molar-refractivity contribution in [2.24, 2.45) is 11.1 Å². The van der Waals surface area contributed by atoms with Gasteiger partial charge in [0.25, 0.3) is 0 Å². The number of benzene rings is 2. The van der Waals surface area contributed by atoms with Crippen LogP contribution < -0.4 is 16.4 Å². The third-order valence-corrected chi connectivity index (χ3v) is 4.29. The van der Waals surface area contributed by atoms with E-state index in [1.165, 1.54) is 0 Å². The van der Waals surface area contributed by atoms with Crippen molar-refractivity contribution in [2.75, 3.05) is 13.1 Å². The molecule has 6 heteroatoms. The normalized spacial score (nSPS) is 12.1. The van der Waals surface area contributed by atoms with Gasteiger partial charge in [-0.1, -0.05) is 57.2 Å². The van der Waals surface area contributed by atoms with E-state index in [9.17, 15) is 9.59 Å². The van der Waals surface area contributed by atoms with Crippen LogP contribution in [0.1, 0.15) is 45.2 Å². The Morgan fingerprint density at radius 1 is 1.07 bits per heavy atom. The van der Waals surface area contributed by atoms with Crippen molar-refractivity contribution in [2.45, 2.75) is 39.7 Å². The van der Waals surface area contributed by atoms with Crippen molar-refractivity contribution in [3.05, 3.63) is 48.0 Å². The van der Waals surface area contributed by atoms with Crippen LogP contribution in [0.3, 0.4) is 0 Å². The van der Waals surface area contributed by atoms with Crippen molar-refractivity contribution in [1.29, 1.82) is 0 Å². The van der Waals surface area contributed by atoms with Gasteiger partial charge in [-0.2, -0.15) is 0 Å². The summed E-state index contributed by atoms with van der Waals surface area (Å²) in [7, 11) is 0. The highest BCUT2D eigenvalue weighted by atomic mass is 35.5. The highest BCUT2D eigenvalue weighted by molar-refractivity contribution is 5.85. The van der Waals surface area contributed by atoms with E-state index in [1.54, 1.807) is 0 Å². The Morgan fingerprint density at radius 2 is 1.74 bits per heavy atom. The number of hydrogen-bond donors (Lipinski definition) is 3. The Labute approximate surface area is 167 Å². The van der Waals surface area contributed by atoms with Crippen LogP contribution in [0.15, 0.2) is 42.5 Å². The van der Waals surface area contributed by atoms with Crippen LogP contribution in [0.25, 0.3) is 10.8 Å². The number of rotatable bonds is 7. The van der Waals surface area contributed by atoms with Crippen LogP contribution in [0.2, 0.25) is 0 Å². The van der Waals surface area contributed by atoms with Crippen molar-refractivity contribution in [3.8, 4) is 0 Å². The summed E-state index contributed by atoms with van der Waals surface area (Å²) in [4.78, 5) is 24.0. The molecule has 148 valence electrons. The van der Waals surface area contributed by atoms with Crippen LogP contribution in [0.4, 0.5) is 0 Å². The minimum atomic E-state index is -0.414. The molecule has 2 aromatic rings. The van der Waals surface area contributed by atoms with Crippen LogP contribution in [-0.4, -0.2) is 24.9 Å². The van der Waals surface area contributed by atoms with Crippen LogP contribution in [-0.2, 0) is 9.59 Å². The third kappa shape index (κ3) is 6.85. The summed E-state index contributed by atoms with van der Waals surface area (Å²) >= 11 is 0. The van der Waals surface area contributed by atoms with E-state index in [0.29, 0.717) is 25.9 Å². The highest BCUT2D eigenvalue weighted by Gasteiger charge is 2.20. The molecule has 1 unspecified atom stereocenters. The highest BCUT2D eigenvalue weighted by Crippen LogP contribution is 2.20. The maximum atomic E-state index is 12.2. The second-order valence-corrected chi connectivity index (χ2v) is 7.57. The first-order valence-corrected chi connectivity index (χ1v) is 9.07. The molecule has 0 aromatic heterocycles. The lowest BCUT2D eigenvalue weighted by atomic mass is 9.96. The molecule has 2 aromatic carbocycles. The van der Waals surface area contributed by atoms with Gasteiger partial charge in [-0.05, 0) is 28.8 Å². The van der Waals surface area contributed by atoms with Gasteiger partial charge in [0.2, 0.25) is 11.8 Å². The molecule has 0 heterocycles. The Hall–Kier alpha value is -2.11. The van der Waals surface area contributed by atoms with E-state index in [4.69, 9.17) is 5.73 Å². The summed E-state index contributed by atoms with van der Waals surface area (Å²) in [5, 5.41) is 8.13. The van der Waals surface area contributed by atoms with Crippen molar-refractivity contribution in [3.63, 3.8) is 0 Å². The molecule has 0 spiro atoms. The molecular formula is C21H30ClN3O2. The summed E-state index contributed by atoms with van der Waals surface area (Å²) in [6, 6.07) is 14.0. The number of nitrogens with one attached hydrogen (secondary N) is 2. The predicted octanol–water partition coefficient (Wildman–Crippen LogP) is 3.32. The topological polar surface area (TPSA) is 84.2 Å². The number of halogens is 1. The molecule has 5 nitrogen and oxygen atoms in total. The van der Waals surface area contributed by atoms with Gasteiger partial charge in [0, 0.05) is 24.9 Å². The Morgan fingerprint density at radius 3 is 2.37 bits per heavy atom. The largest absolute Gasteiger partial charge is 0.356 e. The molecule has 27 heavy (non-hydrogen) atoms. The molecule has 1 atom stereocenters. The van der Waals surface area contributed by atoms with Crippen molar-refractivity contribution in [1.82, 2.24) is 10.6 Å². The molecule has 0 aliphatic heterocycles. The van der Waals surface area contributed by atoms with Gasteiger partial charge >= 0.3 is 0 Å². The standard InChI is InChI=1S/C21H29N3O2.ClH/c1-21(2,3)20(26)23-12-6-9-19(25)24-18(14-22)17-11-10-15-7-4-5-8-16(15)13-17;/h4-5,7-8,10-11,13,18H,6,9,12,14,22H2,1-3H3,(H,23,26)(H,24,25);1H. The molecule has 0 saturated carbocycles. The molecule has 0 aliphatic rings. The Bertz CT molecular complexity index is 771. The molecule has 0 aliphatic carbocycles. The number of amides is 2. The first kappa shape index (κ1) is 22.9. The van der Waals surface area contributed by atoms with E-state index < -0.39 is 5.41 Å².